The number of nitrogens with one attached hydrogen (secondary N) is 1. The summed E-state index contributed by atoms with van der Waals surface area (Å²) in [4.78, 5) is 38.3. The van der Waals surface area contributed by atoms with Gasteiger partial charge in [0, 0.05) is 51.8 Å². The summed E-state index contributed by atoms with van der Waals surface area (Å²) in [5.74, 6) is 0.0312. The maximum atomic E-state index is 12.5. The number of unbranched alkanes of at least 4 members (excludes halogenated alkanes) is 1. The lowest BCUT2D eigenvalue weighted by molar-refractivity contribution is -0.133. The van der Waals surface area contributed by atoms with Crippen molar-refractivity contribution in [2.45, 2.75) is 39.0 Å². The van der Waals surface area contributed by atoms with E-state index in [-0.39, 0.29) is 24.7 Å². The first kappa shape index (κ1) is 19.5. The number of carbonyl (C=O) groups is 2. The van der Waals surface area contributed by atoms with E-state index in [9.17, 15) is 9.59 Å². The van der Waals surface area contributed by atoms with Crippen LogP contribution in [0.15, 0.2) is 18.3 Å². The van der Waals surface area contributed by atoms with Crippen LogP contribution in [0.25, 0.3) is 10.3 Å². The van der Waals surface area contributed by atoms with Gasteiger partial charge in [0.25, 0.3) is 0 Å². The molecular weight excluding hydrogens is 362 g/mol. The topological polar surface area (TPSA) is 78.4 Å². The molecule has 0 atom stereocenters. The van der Waals surface area contributed by atoms with Gasteiger partial charge in [-0.05, 0) is 25.0 Å². The number of carbonyl (C=O) groups excluding carboxylic acids is 2. The Morgan fingerprint density at radius 1 is 1.22 bits per heavy atom. The zero-order chi connectivity index (χ0) is 19.1. The zero-order valence-electron chi connectivity index (χ0n) is 15.8. The van der Waals surface area contributed by atoms with Crippen molar-refractivity contribution in [2.75, 3.05) is 37.6 Å². The molecule has 3 rings (SSSR count). The molecule has 1 N–H and O–H groups in total. The molecule has 0 radical (unpaired) electrons. The minimum Gasteiger partial charge on any atom is -0.356 e. The molecule has 3 heterocycles. The maximum absolute atomic E-state index is 12.5. The van der Waals surface area contributed by atoms with Crippen LogP contribution in [0.5, 0.6) is 0 Å². The van der Waals surface area contributed by atoms with Gasteiger partial charge in [-0.2, -0.15) is 0 Å². The molecule has 0 saturated carbocycles. The number of thiazole rings is 1. The molecule has 1 saturated heterocycles. The van der Waals surface area contributed by atoms with Crippen molar-refractivity contribution in [3.8, 4) is 0 Å². The number of pyridine rings is 1. The van der Waals surface area contributed by atoms with E-state index in [1.165, 1.54) is 0 Å². The Morgan fingerprint density at radius 2 is 2.11 bits per heavy atom. The molecule has 2 amide bonds. The standard InChI is InChI=1S/C19H27N5O2S/c1-2-3-9-20-16(25)7-8-17(26)23-11-5-12-24(14-13-23)19-22-15-6-4-10-21-18(15)27-19/h4,6,10H,2-3,5,7-9,11-14H2,1H3,(H,20,25). The summed E-state index contributed by atoms with van der Waals surface area (Å²) in [6.07, 6.45) is 5.26. The Kier molecular flexibility index (Phi) is 6.98. The summed E-state index contributed by atoms with van der Waals surface area (Å²) in [7, 11) is 0. The van der Waals surface area contributed by atoms with Crippen molar-refractivity contribution in [3.05, 3.63) is 18.3 Å². The molecule has 2 aromatic rings. The molecule has 0 aromatic carbocycles. The van der Waals surface area contributed by atoms with Crippen LogP contribution >= 0.6 is 11.3 Å². The first-order chi connectivity index (χ1) is 13.2. The highest BCUT2D eigenvalue weighted by atomic mass is 32.1. The molecule has 146 valence electrons. The number of hydrogen-bond acceptors (Lipinski definition) is 6. The summed E-state index contributed by atoms with van der Waals surface area (Å²) in [5, 5.41) is 3.83. The lowest BCUT2D eigenvalue weighted by Gasteiger charge is -2.21. The highest BCUT2D eigenvalue weighted by Crippen LogP contribution is 2.27. The molecule has 0 aliphatic carbocycles. The molecule has 0 unspecified atom stereocenters. The van der Waals surface area contributed by atoms with Gasteiger partial charge in [-0.3, -0.25) is 9.59 Å². The molecule has 8 heteroatoms. The normalized spacial score (nSPS) is 15.0. The second-order valence-corrected chi connectivity index (χ2v) is 7.70. The van der Waals surface area contributed by atoms with Crippen LogP contribution in [0.3, 0.4) is 0 Å². The molecular formula is C19H27N5O2S. The van der Waals surface area contributed by atoms with E-state index in [2.05, 4.69) is 27.1 Å². The fraction of sp³-hybridized carbons (Fsp3) is 0.579. The van der Waals surface area contributed by atoms with Crippen LogP contribution < -0.4 is 10.2 Å². The van der Waals surface area contributed by atoms with Crippen LogP contribution in [0.2, 0.25) is 0 Å². The van der Waals surface area contributed by atoms with Gasteiger partial charge in [-0.1, -0.05) is 24.7 Å². The Morgan fingerprint density at radius 3 is 2.93 bits per heavy atom. The molecule has 7 nitrogen and oxygen atoms in total. The minimum absolute atomic E-state index is 0.0322. The third-order valence-corrected chi connectivity index (χ3v) is 5.73. The van der Waals surface area contributed by atoms with E-state index in [1.807, 2.05) is 17.0 Å². The molecule has 0 spiro atoms. The van der Waals surface area contributed by atoms with Crippen molar-refractivity contribution in [1.82, 2.24) is 20.2 Å². The predicted molar refractivity (Wildman–Crippen MR) is 108 cm³/mol. The number of rotatable bonds is 7. The molecule has 1 aliphatic rings. The number of aromatic nitrogens is 2. The van der Waals surface area contributed by atoms with Crippen molar-refractivity contribution in [3.63, 3.8) is 0 Å². The summed E-state index contributed by atoms with van der Waals surface area (Å²) in [6.45, 7) is 5.81. The Hall–Kier alpha value is -2.22. The van der Waals surface area contributed by atoms with Crippen molar-refractivity contribution < 1.29 is 9.59 Å². The quantitative estimate of drug-likeness (QED) is 0.736. The molecule has 1 aliphatic heterocycles. The molecule has 1 fully saturated rings. The van der Waals surface area contributed by atoms with Crippen LogP contribution in [0.1, 0.15) is 39.0 Å². The number of fused-ring (bicyclic) bond motifs is 1. The van der Waals surface area contributed by atoms with Gasteiger partial charge in [0.15, 0.2) is 5.13 Å². The smallest absolute Gasteiger partial charge is 0.223 e. The van der Waals surface area contributed by atoms with Gasteiger partial charge in [-0.15, -0.1) is 0 Å². The highest BCUT2D eigenvalue weighted by molar-refractivity contribution is 7.21. The summed E-state index contributed by atoms with van der Waals surface area (Å²) in [6, 6.07) is 3.87. The van der Waals surface area contributed by atoms with E-state index in [0.717, 1.165) is 54.4 Å². The number of anilines is 1. The van der Waals surface area contributed by atoms with E-state index in [1.54, 1.807) is 17.5 Å². The van der Waals surface area contributed by atoms with Crippen LogP contribution in [0.4, 0.5) is 5.13 Å². The highest BCUT2D eigenvalue weighted by Gasteiger charge is 2.21. The second-order valence-electron chi connectivity index (χ2n) is 6.75. The summed E-state index contributed by atoms with van der Waals surface area (Å²) < 4.78 is 0. The van der Waals surface area contributed by atoms with Gasteiger partial charge < -0.3 is 15.1 Å². The SMILES string of the molecule is CCCCNC(=O)CCC(=O)N1CCCN(c2nc3cccnc3s2)CC1. The monoisotopic (exact) mass is 389 g/mol. The summed E-state index contributed by atoms with van der Waals surface area (Å²) in [5.41, 5.74) is 0.920. The average Bonchev–Trinajstić information content (AvgIpc) is 2.95. The lowest BCUT2D eigenvalue weighted by Crippen LogP contribution is -2.36. The first-order valence-corrected chi connectivity index (χ1v) is 10.5. The van der Waals surface area contributed by atoms with Gasteiger partial charge in [-0.25, -0.2) is 9.97 Å². The second kappa shape index (κ2) is 9.64. The van der Waals surface area contributed by atoms with Gasteiger partial charge in [0.2, 0.25) is 11.8 Å². The predicted octanol–water partition coefficient (Wildman–Crippen LogP) is 2.43. The Bertz CT molecular complexity index is 745. The van der Waals surface area contributed by atoms with Crippen molar-refractivity contribution in [1.29, 1.82) is 0 Å². The first-order valence-electron chi connectivity index (χ1n) is 9.68. The van der Waals surface area contributed by atoms with Crippen LogP contribution in [-0.4, -0.2) is 59.4 Å². The maximum Gasteiger partial charge on any atom is 0.223 e. The number of amides is 2. The van der Waals surface area contributed by atoms with Crippen molar-refractivity contribution in [2.24, 2.45) is 0 Å². The Labute approximate surface area is 163 Å². The number of hydrogen-bond donors (Lipinski definition) is 1. The van der Waals surface area contributed by atoms with Crippen molar-refractivity contribution >= 4 is 38.6 Å². The van der Waals surface area contributed by atoms with Gasteiger partial charge >= 0.3 is 0 Å². The van der Waals surface area contributed by atoms with E-state index < -0.39 is 0 Å². The van der Waals surface area contributed by atoms with Crippen LogP contribution in [-0.2, 0) is 9.59 Å². The minimum atomic E-state index is -0.0322. The lowest BCUT2D eigenvalue weighted by atomic mass is 10.2. The summed E-state index contributed by atoms with van der Waals surface area (Å²) >= 11 is 1.59. The van der Waals surface area contributed by atoms with Gasteiger partial charge in [0.1, 0.15) is 10.3 Å². The average molecular weight is 390 g/mol. The largest absolute Gasteiger partial charge is 0.356 e. The van der Waals surface area contributed by atoms with Crippen LogP contribution in [0, 0.1) is 0 Å². The fourth-order valence-electron chi connectivity index (χ4n) is 3.12. The molecule has 0 bridgehead atoms. The molecule has 27 heavy (non-hydrogen) atoms. The third kappa shape index (κ3) is 5.38. The van der Waals surface area contributed by atoms with Gasteiger partial charge in [0.05, 0.1) is 0 Å². The van der Waals surface area contributed by atoms with E-state index in [4.69, 9.17) is 0 Å². The number of nitrogens with zero attached hydrogens (tertiary/aromatic N) is 4. The zero-order valence-corrected chi connectivity index (χ0v) is 16.6. The third-order valence-electron chi connectivity index (χ3n) is 4.69. The van der Waals surface area contributed by atoms with E-state index >= 15 is 0 Å². The fourth-order valence-corrected chi connectivity index (χ4v) is 4.08. The Balaban J connectivity index is 1.49. The molecule has 2 aromatic heterocycles. The van der Waals surface area contributed by atoms with E-state index in [0.29, 0.717) is 13.1 Å².